The van der Waals surface area contributed by atoms with Gasteiger partial charge in [-0.3, -0.25) is 0 Å². The van der Waals surface area contributed by atoms with E-state index in [2.05, 4.69) is 13.8 Å². The number of hydrogen-bond donors (Lipinski definition) is 1. The molecular formula is C15H30N2O2. The SMILES string of the molecule is CC(C)CC1CCN(C(=O)OC(C)(C)C)CC1CN. The molecule has 4 nitrogen and oxygen atoms in total. The Morgan fingerprint density at radius 3 is 2.47 bits per heavy atom. The van der Waals surface area contributed by atoms with Gasteiger partial charge in [-0.25, -0.2) is 4.79 Å². The molecule has 1 amide bonds. The molecule has 0 bridgehead atoms. The summed E-state index contributed by atoms with van der Waals surface area (Å²) in [5.41, 5.74) is 5.45. The highest BCUT2D eigenvalue weighted by Gasteiger charge is 2.32. The number of ether oxygens (including phenoxy) is 1. The Morgan fingerprint density at radius 1 is 1.37 bits per heavy atom. The number of hydrogen-bond acceptors (Lipinski definition) is 3. The van der Waals surface area contributed by atoms with Crippen molar-refractivity contribution in [2.75, 3.05) is 19.6 Å². The molecule has 0 aromatic carbocycles. The molecule has 1 aliphatic rings. The predicted octanol–water partition coefficient (Wildman–Crippen LogP) is 2.86. The first-order valence-corrected chi connectivity index (χ1v) is 7.41. The third kappa shape index (κ3) is 5.39. The lowest BCUT2D eigenvalue weighted by Crippen LogP contribution is -2.48. The minimum absolute atomic E-state index is 0.200. The molecule has 1 aliphatic heterocycles. The Hall–Kier alpha value is -0.770. The Labute approximate surface area is 117 Å². The molecule has 0 aromatic rings. The van der Waals surface area contributed by atoms with Gasteiger partial charge >= 0.3 is 6.09 Å². The second kappa shape index (κ2) is 6.60. The van der Waals surface area contributed by atoms with Crippen molar-refractivity contribution in [3.8, 4) is 0 Å². The van der Waals surface area contributed by atoms with Crippen LogP contribution in [0.3, 0.4) is 0 Å². The number of carbonyl (C=O) groups is 1. The molecule has 1 heterocycles. The monoisotopic (exact) mass is 270 g/mol. The van der Waals surface area contributed by atoms with Crippen molar-refractivity contribution in [2.24, 2.45) is 23.5 Å². The second-order valence-corrected chi connectivity index (χ2v) is 7.10. The van der Waals surface area contributed by atoms with Crippen molar-refractivity contribution in [2.45, 2.75) is 53.1 Å². The molecule has 1 saturated heterocycles. The smallest absolute Gasteiger partial charge is 0.410 e. The van der Waals surface area contributed by atoms with Crippen molar-refractivity contribution in [3.05, 3.63) is 0 Å². The molecular weight excluding hydrogens is 240 g/mol. The first kappa shape index (κ1) is 16.3. The van der Waals surface area contributed by atoms with Gasteiger partial charge in [0.25, 0.3) is 0 Å². The van der Waals surface area contributed by atoms with Crippen molar-refractivity contribution in [3.63, 3.8) is 0 Å². The molecule has 2 N–H and O–H groups in total. The van der Waals surface area contributed by atoms with Crippen LogP contribution in [0.1, 0.15) is 47.5 Å². The molecule has 0 saturated carbocycles. The van der Waals surface area contributed by atoms with E-state index >= 15 is 0 Å². The summed E-state index contributed by atoms with van der Waals surface area (Å²) in [7, 11) is 0. The van der Waals surface area contributed by atoms with Crippen LogP contribution in [0, 0.1) is 17.8 Å². The highest BCUT2D eigenvalue weighted by molar-refractivity contribution is 5.68. The van der Waals surface area contributed by atoms with Crippen LogP contribution < -0.4 is 5.73 Å². The molecule has 112 valence electrons. The molecule has 0 aliphatic carbocycles. The number of rotatable bonds is 3. The first-order valence-electron chi connectivity index (χ1n) is 7.41. The van der Waals surface area contributed by atoms with Crippen LogP contribution >= 0.6 is 0 Å². The molecule has 2 atom stereocenters. The lowest BCUT2D eigenvalue weighted by molar-refractivity contribution is 0.00955. The Balaban J connectivity index is 2.56. The molecule has 0 radical (unpaired) electrons. The van der Waals surface area contributed by atoms with E-state index in [1.54, 1.807) is 0 Å². The van der Waals surface area contributed by atoms with Gasteiger partial charge in [0, 0.05) is 13.1 Å². The number of amides is 1. The minimum Gasteiger partial charge on any atom is -0.444 e. The molecule has 1 rings (SSSR count). The van der Waals surface area contributed by atoms with Crippen molar-refractivity contribution in [1.82, 2.24) is 4.90 Å². The maximum absolute atomic E-state index is 12.1. The van der Waals surface area contributed by atoms with Gasteiger partial charge in [-0.1, -0.05) is 13.8 Å². The van der Waals surface area contributed by atoms with E-state index in [1.165, 1.54) is 6.42 Å². The summed E-state index contributed by atoms with van der Waals surface area (Å²) in [6, 6.07) is 0. The Bertz CT molecular complexity index is 297. The summed E-state index contributed by atoms with van der Waals surface area (Å²) < 4.78 is 5.43. The number of nitrogens with two attached hydrogens (primary N) is 1. The Morgan fingerprint density at radius 2 is 2.00 bits per heavy atom. The summed E-state index contributed by atoms with van der Waals surface area (Å²) in [5, 5.41) is 0. The van der Waals surface area contributed by atoms with E-state index in [9.17, 15) is 4.79 Å². The topological polar surface area (TPSA) is 55.6 Å². The van der Waals surface area contributed by atoms with Gasteiger partial charge < -0.3 is 15.4 Å². The fraction of sp³-hybridized carbons (Fsp3) is 0.933. The quantitative estimate of drug-likeness (QED) is 0.858. The lowest BCUT2D eigenvalue weighted by atomic mass is 9.80. The highest BCUT2D eigenvalue weighted by atomic mass is 16.6. The van der Waals surface area contributed by atoms with Crippen LogP contribution in [0.5, 0.6) is 0 Å². The van der Waals surface area contributed by atoms with Crippen LogP contribution in [0.25, 0.3) is 0 Å². The normalized spacial score (nSPS) is 24.7. The van der Waals surface area contributed by atoms with Crippen LogP contribution in [0.4, 0.5) is 4.79 Å². The average molecular weight is 270 g/mol. The molecule has 19 heavy (non-hydrogen) atoms. The lowest BCUT2D eigenvalue weighted by Gasteiger charge is -2.39. The van der Waals surface area contributed by atoms with E-state index in [0.29, 0.717) is 24.3 Å². The fourth-order valence-electron chi connectivity index (χ4n) is 2.76. The largest absolute Gasteiger partial charge is 0.444 e. The average Bonchev–Trinajstić information content (AvgIpc) is 2.26. The van der Waals surface area contributed by atoms with Gasteiger partial charge in [-0.15, -0.1) is 0 Å². The van der Waals surface area contributed by atoms with Crippen molar-refractivity contribution < 1.29 is 9.53 Å². The Kier molecular flexibility index (Phi) is 5.65. The minimum atomic E-state index is -0.427. The van der Waals surface area contributed by atoms with E-state index in [1.807, 2.05) is 25.7 Å². The van der Waals surface area contributed by atoms with Gasteiger partial charge in [-0.2, -0.15) is 0 Å². The number of nitrogens with zero attached hydrogens (tertiary/aromatic N) is 1. The fourth-order valence-corrected chi connectivity index (χ4v) is 2.76. The molecule has 0 spiro atoms. The second-order valence-electron chi connectivity index (χ2n) is 7.10. The van der Waals surface area contributed by atoms with E-state index in [4.69, 9.17) is 10.5 Å². The molecule has 1 fully saturated rings. The maximum atomic E-state index is 12.1. The maximum Gasteiger partial charge on any atom is 0.410 e. The van der Waals surface area contributed by atoms with Gasteiger partial charge in [-0.05, 0) is 57.9 Å². The third-order valence-corrected chi connectivity index (χ3v) is 3.62. The van der Waals surface area contributed by atoms with E-state index < -0.39 is 5.60 Å². The number of piperidine rings is 1. The summed E-state index contributed by atoms with van der Waals surface area (Å²) >= 11 is 0. The van der Waals surface area contributed by atoms with Crippen LogP contribution in [-0.2, 0) is 4.74 Å². The van der Waals surface area contributed by atoms with Gasteiger partial charge in [0.05, 0.1) is 0 Å². The van der Waals surface area contributed by atoms with E-state index in [0.717, 1.165) is 19.5 Å². The van der Waals surface area contributed by atoms with Gasteiger partial charge in [0.15, 0.2) is 0 Å². The highest BCUT2D eigenvalue weighted by Crippen LogP contribution is 2.29. The summed E-state index contributed by atoms with van der Waals surface area (Å²) in [6.45, 7) is 12.4. The third-order valence-electron chi connectivity index (χ3n) is 3.62. The molecule has 2 unspecified atom stereocenters. The summed E-state index contributed by atoms with van der Waals surface area (Å²) in [6.07, 6.45) is 2.04. The molecule has 0 aromatic heterocycles. The van der Waals surface area contributed by atoms with Crippen molar-refractivity contribution in [1.29, 1.82) is 0 Å². The standard InChI is InChI=1S/C15H30N2O2/c1-11(2)8-12-6-7-17(10-13(12)9-16)14(18)19-15(3,4)5/h11-13H,6-10,16H2,1-5H3. The van der Waals surface area contributed by atoms with Gasteiger partial charge in [0.2, 0.25) is 0 Å². The number of carbonyl (C=O) groups excluding carboxylic acids is 1. The molecule has 4 heteroatoms. The zero-order chi connectivity index (χ0) is 14.6. The van der Waals surface area contributed by atoms with Crippen molar-refractivity contribution >= 4 is 6.09 Å². The predicted molar refractivity (Wildman–Crippen MR) is 77.9 cm³/mol. The number of likely N-dealkylation sites (tertiary alicyclic amines) is 1. The zero-order valence-corrected chi connectivity index (χ0v) is 13.1. The zero-order valence-electron chi connectivity index (χ0n) is 13.1. The van der Waals surface area contributed by atoms with Crippen LogP contribution in [0.2, 0.25) is 0 Å². The first-order chi connectivity index (χ1) is 8.73. The van der Waals surface area contributed by atoms with Gasteiger partial charge in [0.1, 0.15) is 5.60 Å². The summed E-state index contributed by atoms with van der Waals surface area (Å²) in [4.78, 5) is 13.9. The summed E-state index contributed by atoms with van der Waals surface area (Å²) in [5.74, 6) is 1.74. The van der Waals surface area contributed by atoms with E-state index in [-0.39, 0.29) is 6.09 Å². The van der Waals surface area contributed by atoms with Crippen LogP contribution in [-0.4, -0.2) is 36.2 Å². The van der Waals surface area contributed by atoms with Crippen LogP contribution in [0.15, 0.2) is 0 Å².